The van der Waals surface area contributed by atoms with Gasteiger partial charge in [0.15, 0.2) is 12.1 Å². The predicted molar refractivity (Wildman–Crippen MR) is 67.5 cm³/mol. The van der Waals surface area contributed by atoms with Gasteiger partial charge in [-0.25, -0.2) is 0 Å². The SMILES string of the molecule is CC1(C)OCC2O[C@@H](OCCN=[N+]=[N-])C(N)C(O)[C@@H]2O1. The molecule has 2 aliphatic heterocycles. The van der Waals surface area contributed by atoms with Crippen LogP contribution in [0.2, 0.25) is 0 Å². The van der Waals surface area contributed by atoms with E-state index in [9.17, 15) is 5.11 Å². The van der Waals surface area contributed by atoms with Crippen molar-refractivity contribution in [2.24, 2.45) is 10.8 Å². The van der Waals surface area contributed by atoms with Gasteiger partial charge in [0.25, 0.3) is 0 Å². The van der Waals surface area contributed by atoms with Gasteiger partial charge in [0.2, 0.25) is 0 Å². The number of rotatable bonds is 4. The van der Waals surface area contributed by atoms with Gasteiger partial charge in [-0.3, -0.25) is 0 Å². The van der Waals surface area contributed by atoms with Crippen molar-refractivity contribution in [1.29, 1.82) is 0 Å². The number of aliphatic hydroxyl groups is 1. The van der Waals surface area contributed by atoms with Crippen molar-refractivity contribution in [1.82, 2.24) is 0 Å². The molecule has 2 rings (SSSR count). The minimum atomic E-state index is -0.915. The summed E-state index contributed by atoms with van der Waals surface area (Å²) in [6.07, 6.45) is -2.69. The van der Waals surface area contributed by atoms with E-state index in [-0.39, 0.29) is 19.8 Å². The lowest BCUT2D eigenvalue weighted by molar-refractivity contribution is -0.367. The van der Waals surface area contributed by atoms with E-state index in [4.69, 9.17) is 30.2 Å². The van der Waals surface area contributed by atoms with Crippen LogP contribution in [0.3, 0.4) is 0 Å². The molecule has 0 aromatic rings. The molecule has 2 aliphatic rings. The molecule has 0 saturated carbocycles. The molecule has 3 unspecified atom stereocenters. The molecule has 9 nitrogen and oxygen atoms in total. The molecule has 0 spiro atoms. The Kier molecular flexibility index (Phi) is 4.82. The largest absolute Gasteiger partial charge is 0.388 e. The Bertz CT molecular complexity index is 385. The lowest BCUT2D eigenvalue weighted by atomic mass is 9.96. The molecule has 0 aliphatic carbocycles. The normalized spacial score (nSPS) is 39.7. The lowest BCUT2D eigenvalue weighted by Gasteiger charge is -2.48. The second-order valence-electron chi connectivity index (χ2n) is 5.23. The van der Waals surface area contributed by atoms with Gasteiger partial charge in [0, 0.05) is 11.5 Å². The fraction of sp³-hybridized carbons (Fsp3) is 1.00. The third kappa shape index (κ3) is 3.39. The van der Waals surface area contributed by atoms with Crippen LogP contribution in [0, 0.1) is 0 Å². The molecule has 0 aromatic carbocycles. The molecule has 0 bridgehead atoms. The summed E-state index contributed by atoms with van der Waals surface area (Å²) in [5.41, 5.74) is 14.1. The molecule has 2 heterocycles. The highest BCUT2D eigenvalue weighted by molar-refractivity contribution is 4.95. The van der Waals surface area contributed by atoms with E-state index in [0.717, 1.165) is 0 Å². The van der Waals surface area contributed by atoms with E-state index in [1.807, 2.05) is 0 Å². The first kappa shape index (κ1) is 15.5. The Hall–Kier alpha value is -0.930. The Balaban J connectivity index is 1.94. The van der Waals surface area contributed by atoms with Crippen molar-refractivity contribution >= 4 is 0 Å². The van der Waals surface area contributed by atoms with E-state index in [1.54, 1.807) is 13.8 Å². The van der Waals surface area contributed by atoms with Gasteiger partial charge in [-0.2, -0.15) is 0 Å². The molecule has 0 radical (unpaired) electrons. The van der Waals surface area contributed by atoms with Crippen LogP contribution in [-0.4, -0.2) is 61.3 Å². The number of fused-ring (bicyclic) bond motifs is 1. The molecule has 114 valence electrons. The summed E-state index contributed by atoms with van der Waals surface area (Å²) in [6.45, 7) is 4.17. The van der Waals surface area contributed by atoms with Gasteiger partial charge in [-0.05, 0) is 19.4 Å². The summed E-state index contributed by atoms with van der Waals surface area (Å²) in [5, 5.41) is 13.6. The highest BCUT2D eigenvalue weighted by Gasteiger charge is 2.49. The Labute approximate surface area is 116 Å². The van der Waals surface area contributed by atoms with E-state index >= 15 is 0 Å². The fourth-order valence-electron chi connectivity index (χ4n) is 2.27. The second kappa shape index (κ2) is 6.23. The lowest BCUT2D eigenvalue weighted by Crippen LogP contribution is -2.67. The van der Waals surface area contributed by atoms with Crippen LogP contribution in [0.5, 0.6) is 0 Å². The minimum absolute atomic E-state index is 0.166. The smallest absolute Gasteiger partial charge is 0.175 e. The summed E-state index contributed by atoms with van der Waals surface area (Å²) in [4.78, 5) is 2.62. The van der Waals surface area contributed by atoms with Crippen LogP contribution in [0.4, 0.5) is 0 Å². The summed E-state index contributed by atoms with van der Waals surface area (Å²) in [7, 11) is 0. The molecule has 3 N–H and O–H groups in total. The van der Waals surface area contributed by atoms with Crippen LogP contribution in [0.15, 0.2) is 5.11 Å². The monoisotopic (exact) mass is 288 g/mol. The van der Waals surface area contributed by atoms with Crippen molar-refractivity contribution < 1.29 is 24.1 Å². The van der Waals surface area contributed by atoms with E-state index in [2.05, 4.69) is 10.0 Å². The quantitative estimate of drug-likeness (QED) is 0.321. The Morgan fingerprint density at radius 1 is 1.55 bits per heavy atom. The van der Waals surface area contributed by atoms with Gasteiger partial charge >= 0.3 is 0 Å². The van der Waals surface area contributed by atoms with Gasteiger partial charge < -0.3 is 29.8 Å². The Morgan fingerprint density at radius 2 is 2.30 bits per heavy atom. The summed E-state index contributed by atoms with van der Waals surface area (Å²) < 4.78 is 22.2. The second-order valence-corrected chi connectivity index (χ2v) is 5.23. The van der Waals surface area contributed by atoms with Crippen molar-refractivity contribution in [3.8, 4) is 0 Å². The van der Waals surface area contributed by atoms with Crippen molar-refractivity contribution in [3.05, 3.63) is 10.4 Å². The fourth-order valence-corrected chi connectivity index (χ4v) is 2.27. The summed E-state index contributed by atoms with van der Waals surface area (Å²) in [6, 6.07) is -0.740. The first-order chi connectivity index (χ1) is 9.44. The van der Waals surface area contributed by atoms with Gasteiger partial charge in [0.1, 0.15) is 18.3 Å². The standard InChI is InChI=1S/C11H20N4O5/c1-11(2)18-5-6-9(20-11)8(16)7(12)10(19-6)17-4-3-14-15-13/h6-10,16H,3-5,12H2,1-2H3/t6?,7?,8?,9-,10-/m1/s1. The zero-order valence-electron chi connectivity index (χ0n) is 11.5. The Morgan fingerprint density at radius 3 is 3.00 bits per heavy atom. The molecule has 0 aromatic heterocycles. The van der Waals surface area contributed by atoms with Gasteiger partial charge in [-0.15, -0.1) is 0 Å². The minimum Gasteiger partial charge on any atom is -0.388 e. The molecule has 5 atom stereocenters. The van der Waals surface area contributed by atoms with Gasteiger partial charge in [0.05, 0.1) is 19.3 Å². The van der Waals surface area contributed by atoms with Crippen molar-refractivity contribution in [2.45, 2.75) is 50.3 Å². The number of hydrogen-bond donors (Lipinski definition) is 2. The molecule has 2 fully saturated rings. The molecular weight excluding hydrogens is 268 g/mol. The highest BCUT2D eigenvalue weighted by Crippen LogP contribution is 2.31. The summed E-state index contributed by atoms with van der Waals surface area (Å²) >= 11 is 0. The van der Waals surface area contributed by atoms with Crippen LogP contribution in [0.25, 0.3) is 10.4 Å². The van der Waals surface area contributed by atoms with E-state index < -0.39 is 36.4 Å². The molecule has 0 amide bonds. The number of nitrogens with two attached hydrogens (primary N) is 1. The number of aliphatic hydroxyl groups excluding tert-OH is 1. The van der Waals surface area contributed by atoms with Crippen LogP contribution >= 0.6 is 0 Å². The van der Waals surface area contributed by atoms with Gasteiger partial charge in [-0.1, -0.05) is 5.11 Å². The van der Waals surface area contributed by atoms with Crippen LogP contribution in [0.1, 0.15) is 13.8 Å². The zero-order valence-corrected chi connectivity index (χ0v) is 11.5. The molecule has 2 saturated heterocycles. The molecule has 9 heteroatoms. The van der Waals surface area contributed by atoms with Crippen molar-refractivity contribution in [2.75, 3.05) is 19.8 Å². The number of ether oxygens (including phenoxy) is 4. The summed E-state index contributed by atoms with van der Waals surface area (Å²) in [5.74, 6) is -0.777. The number of hydrogen-bond acceptors (Lipinski definition) is 7. The first-order valence-electron chi connectivity index (χ1n) is 6.48. The average Bonchev–Trinajstić information content (AvgIpc) is 2.40. The van der Waals surface area contributed by atoms with Crippen LogP contribution in [-0.2, 0) is 18.9 Å². The van der Waals surface area contributed by atoms with E-state index in [1.165, 1.54) is 0 Å². The number of azide groups is 1. The number of nitrogens with zero attached hydrogens (tertiary/aromatic N) is 3. The zero-order chi connectivity index (χ0) is 14.8. The predicted octanol–water partition coefficient (Wildman–Crippen LogP) is -0.122. The molecular formula is C11H20N4O5. The maximum atomic E-state index is 10.2. The van der Waals surface area contributed by atoms with Crippen LogP contribution < -0.4 is 5.73 Å². The molecule has 20 heavy (non-hydrogen) atoms. The third-order valence-corrected chi connectivity index (χ3v) is 3.27. The highest BCUT2D eigenvalue weighted by atomic mass is 16.8. The maximum absolute atomic E-state index is 10.2. The third-order valence-electron chi connectivity index (χ3n) is 3.27. The topological polar surface area (TPSA) is 132 Å². The van der Waals surface area contributed by atoms with E-state index in [0.29, 0.717) is 0 Å². The van der Waals surface area contributed by atoms with Crippen molar-refractivity contribution in [3.63, 3.8) is 0 Å². The maximum Gasteiger partial charge on any atom is 0.175 e. The average molecular weight is 288 g/mol. The first-order valence-corrected chi connectivity index (χ1v) is 6.48.